The number of ether oxygens (including phenoxy) is 2. The molecule has 2 bridgehead atoms. The van der Waals surface area contributed by atoms with Gasteiger partial charge in [-0.2, -0.15) is 0 Å². The highest BCUT2D eigenvalue weighted by Gasteiger charge is 2.40. The number of rotatable bonds is 3. The molecule has 3 fully saturated rings. The Morgan fingerprint density at radius 3 is 2.69 bits per heavy atom. The Morgan fingerprint density at radius 2 is 2.15 bits per heavy atom. The van der Waals surface area contributed by atoms with Gasteiger partial charge in [-0.25, -0.2) is 0 Å². The zero-order valence-corrected chi connectivity index (χ0v) is 7.87. The fourth-order valence-electron chi connectivity index (χ4n) is 2.63. The molecular weight excluding hydrogens is 166 g/mol. The summed E-state index contributed by atoms with van der Waals surface area (Å²) in [6.45, 7) is 2.94. The van der Waals surface area contributed by atoms with Crippen LogP contribution < -0.4 is 5.32 Å². The first-order chi connectivity index (χ1) is 6.42. The maximum absolute atomic E-state index is 5.80. The van der Waals surface area contributed by atoms with E-state index < -0.39 is 0 Å². The Labute approximate surface area is 78.8 Å². The van der Waals surface area contributed by atoms with Crippen LogP contribution in [-0.4, -0.2) is 38.0 Å². The smallest absolute Gasteiger partial charge is 0.0643 e. The quantitative estimate of drug-likeness (QED) is 0.693. The maximum Gasteiger partial charge on any atom is 0.0643 e. The molecule has 3 aliphatic heterocycles. The summed E-state index contributed by atoms with van der Waals surface area (Å²) in [5.74, 6) is 0.777. The second-order valence-corrected chi connectivity index (χ2v) is 4.51. The normalized spacial score (nSPS) is 43.8. The molecule has 0 aliphatic carbocycles. The van der Waals surface area contributed by atoms with Crippen molar-refractivity contribution < 1.29 is 9.47 Å². The zero-order valence-electron chi connectivity index (χ0n) is 7.87. The highest BCUT2D eigenvalue weighted by molar-refractivity contribution is 4.91. The number of hydrogen-bond acceptors (Lipinski definition) is 3. The molecule has 3 saturated heterocycles. The highest BCUT2D eigenvalue weighted by Crippen LogP contribution is 2.38. The summed E-state index contributed by atoms with van der Waals surface area (Å²) in [6, 6.07) is 0.624. The van der Waals surface area contributed by atoms with Crippen molar-refractivity contribution in [1.29, 1.82) is 0 Å². The summed E-state index contributed by atoms with van der Waals surface area (Å²) in [7, 11) is 0. The number of hydrogen-bond donors (Lipinski definition) is 1. The summed E-state index contributed by atoms with van der Waals surface area (Å²) in [6.07, 6.45) is 5.03. The van der Waals surface area contributed by atoms with Crippen molar-refractivity contribution in [3.63, 3.8) is 0 Å². The molecule has 0 aromatic heterocycles. The van der Waals surface area contributed by atoms with Crippen LogP contribution in [0.15, 0.2) is 0 Å². The van der Waals surface area contributed by atoms with Crippen LogP contribution in [0.2, 0.25) is 0 Å². The molecule has 13 heavy (non-hydrogen) atoms. The molecule has 3 rings (SSSR count). The standard InChI is InChI=1S/C10H17NO2/c1-2-10-7(3-9(1)13-10)4-11-8-5-12-6-8/h7-11H,1-6H2/t7-,9-,10+/m0/s1. The molecule has 0 spiro atoms. The lowest BCUT2D eigenvalue weighted by molar-refractivity contribution is -0.00790. The average Bonchev–Trinajstić information content (AvgIpc) is 2.61. The molecule has 0 unspecified atom stereocenters. The largest absolute Gasteiger partial charge is 0.378 e. The average molecular weight is 183 g/mol. The Bertz CT molecular complexity index is 193. The van der Waals surface area contributed by atoms with Crippen molar-refractivity contribution in [2.24, 2.45) is 5.92 Å². The molecule has 74 valence electrons. The minimum Gasteiger partial charge on any atom is -0.378 e. The second-order valence-electron chi connectivity index (χ2n) is 4.51. The van der Waals surface area contributed by atoms with E-state index in [1.54, 1.807) is 0 Å². The Balaban J connectivity index is 1.45. The van der Waals surface area contributed by atoms with Gasteiger partial charge in [0.1, 0.15) is 0 Å². The molecule has 0 amide bonds. The number of nitrogens with one attached hydrogen (secondary N) is 1. The van der Waals surface area contributed by atoms with Crippen molar-refractivity contribution >= 4 is 0 Å². The third-order valence-electron chi connectivity index (χ3n) is 3.54. The van der Waals surface area contributed by atoms with E-state index >= 15 is 0 Å². The molecule has 0 radical (unpaired) electrons. The lowest BCUT2D eigenvalue weighted by Gasteiger charge is -2.29. The van der Waals surface area contributed by atoms with Crippen LogP contribution >= 0.6 is 0 Å². The van der Waals surface area contributed by atoms with E-state index in [0.717, 1.165) is 25.7 Å². The molecule has 3 heterocycles. The molecule has 3 atom stereocenters. The molecule has 0 saturated carbocycles. The third-order valence-corrected chi connectivity index (χ3v) is 3.54. The SMILES string of the molecule is C1OCC1NC[C@@H]1C[C@@H]2CC[C@H]1O2. The first-order valence-electron chi connectivity index (χ1n) is 5.38. The predicted octanol–water partition coefficient (Wildman–Crippen LogP) is 0.542. The van der Waals surface area contributed by atoms with Gasteiger partial charge in [0, 0.05) is 12.5 Å². The van der Waals surface area contributed by atoms with Crippen LogP contribution in [-0.2, 0) is 9.47 Å². The third kappa shape index (κ3) is 1.49. The first-order valence-corrected chi connectivity index (χ1v) is 5.38. The Kier molecular flexibility index (Phi) is 2.04. The van der Waals surface area contributed by atoms with Gasteiger partial charge in [0.2, 0.25) is 0 Å². The molecule has 3 aliphatic rings. The summed E-state index contributed by atoms with van der Waals surface area (Å²) in [5, 5.41) is 3.54. The van der Waals surface area contributed by atoms with Crippen LogP contribution in [0.5, 0.6) is 0 Å². The van der Waals surface area contributed by atoms with Crippen LogP contribution in [0.3, 0.4) is 0 Å². The van der Waals surface area contributed by atoms with Crippen molar-refractivity contribution in [2.75, 3.05) is 19.8 Å². The minimum atomic E-state index is 0.568. The van der Waals surface area contributed by atoms with E-state index in [1.165, 1.54) is 19.3 Å². The zero-order chi connectivity index (χ0) is 8.67. The lowest BCUT2D eigenvalue weighted by Crippen LogP contribution is -2.48. The van der Waals surface area contributed by atoms with Gasteiger partial charge >= 0.3 is 0 Å². The Hall–Kier alpha value is -0.120. The summed E-state index contributed by atoms with van der Waals surface area (Å²) in [5.41, 5.74) is 0. The number of fused-ring (bicyclic) bond motifs is 2. The maximum atomic E-state index is 5.80. The molecule has 3 heteroatoms. The van der Waals surface area contributed by atoms with Gasteiger partial charge in [0.25, 0.3) is 0 Å². The van der Waals surface area contributed by atoms with E-state index in [2.05, 4.69) is 5.32 Å². The summed E-state index contributed by atoms with van der Waals surface area (Å²) in [4.78, 5) is 0. The van der Waals surface area contributed by atoms with Gasteiger partial charge < -0.3 is 14.8 Å². The lowest BCUT2D eigenvalue weighted by atomic mass is 9.89. The van der Waals surface area contributed by atoms with Crippen LogP contribution in [0.1, 0.15) is 19.3 Å². The van der Waals surface area contributed by atoms with E-state index in [4.69, 9.17) is 9.47 Å². The summed E-state index contributed by atoms with van der Waals surface area (Å²) < 4.78 is 10.9. The van der Waals surface area contributed by atoms with Gasteiger partial charge in [0.15, 0.2) is 0 Å². The van der Waals surface area contributed by atoms with Crippen molar-refractivity contribution in [2.45, 2.75) is 37.5 Å². The monoisotopic (exact) mass is 183 g/mol. The molecule has 0 aromatic carbocycles. The van der Waals surface area contributed by atoms with Gasteiger partial charge in [-0.15, -0.1) is 0 Å². The highest BCUT2D eigenvalue weighted by atomic mass is 16.5. The Morgan fingerprint density at radius 1 is 1.23 bits per heavy atom. The summed E-state index contributed by atoms with van der Waals surface area (Å²) >= 11 is 0. The molecule has 1 N–H and O–H groups in total. The van der Waals surface area contributed by atoms with Gasteiger partial charge in [-0.05, 0) is 19.3 Å². The fraction of sp³-hybridized carbons (Fsp3) is 1.00. The predicted molar refractivity (Wildman–Crippen MR) is 48.6 cm³/mol. The van der Waals surface area contributed by atoms with Crippen LogP contribution in [0.25, 0.3) is 0 Å². The minimum absolute atomic E-state index is 0.568. The van der Waals surface area contributed by atoms with Crippen molar-refractivity contribution in [3.05, 3.63) is 0 Å². The first kappa shape index (κ1) is 8.21. The molecular formula is C10H17NO2. The van der Waals surface area contributed by atoms with Crippen LogP contribution in [0.4, 0.5) is 0 Å². The molecule has 3 nitrogen and oxygen atoms in total. The van der Waals surface area contributed by atoms with Crippen molar-refractivity contribution in [1.82, 2.24) is 5.32 Å². The van der Waals surface area contributed by atoms with Gasteiger partial charge in [0.05, 0.1) is 31.5 Å². The van der Waals surface area contributed by atoms with Crippen molar-refractivity contribution in [3.8, 4) is 0 Å². The van der Waals surface area contributed by atoms with E-state index in [1.807, 2.05) is 0 Å². The van der Waals surface area contributed by atoms with E-state index in [-0.39, 0.29) is 0 Å². The van der Waals surface area contributed by atoms with Gasteiger partial charge in [-0.1, -0.05) is 0 Å². The van der Waals surface area contributed by atoms with Gasteiger partial charge in [-0.3, -0.25) is 0 Å². The van der Waals surface area contributed by atoms with Crippen LogP contribution in [0, 0.1) is 5.92 Å². The molecule has 0 aromatic rings. The topological polar surface area (TPSA) is 30.5 Å². The fourth-order valence-corrected chi connectivity index (χ4v) is 2.63. The van der Waals surface area contributed by atoms with E-state index in [0.29, 0.717) is 18.2 Å². The van der Waals surface area contributed by atoms with E-state index in [9.17, 15) is 0 Å². The second kappa shape index (κ2) is 3.23.